The van der Waals surface area contributed by atoms with Gasteiger partial charge in [-0.3, -0.25) is 0 Å². The molecule has 1 aromatic heterocycles. The number of aryl methyl sites for hydroxylation is 1. The van der Waals surface area contributed by atoms with Crippen molar-refractivity contribution in [3.05, 3.63) is 60.3 Å². The third-order valence-corrected chi connectivity index (χ3v) is 4.85. The van der Waals surface area contributed by atoms with Crippen LogP contribution in [0.5, 0.6) is 5.75 Å². The van der Waals surface area contributed by atoms with Crippen molar-refractivity contribution in [3.63, 3.8) is 0 Å². The minimum Gasteiger partial charge on any atom is -0.497 e. The Kier molecular flexibility index (Phi) is 4.11. The van der Waals surface area contributed by atoms with E-state index in [1.807, 2.05) is 37.4 Å². The van der Waals surface area contributed by atoms with Gasteiger partial charge in [-0.2, -0.15) is 0 Å². The molecule has 0 bridgehead atoms. The zero-order valence-corrected chi connectivity index (χ0v) is 13.7. The van der Waals surface area contributed by atoms with Crippen molar-refractivity contribution in [1.29, 1.82) is 0 Å². The highest BCUT2D eigenvalue weighted by atomic mass is 32.1. The van der Waals surface area contributed by atoms with E-state index in [0.717, 1.165) is 22.3 Å². The molecule has 0 aliphatic heterocycles. The number of thiazole rings is 1. The fourth-order valence-corrected chi connectivity index (χ4v) is 3.35. The number of hydrogen-bond donors (Lipinski definition) is 0. The zero-order valence-electron chi connectivity index (χ0n) is 12.9. The average molecular weight is 310 g/mol. The standard InChI is InChI=1S/C18H18N2OS/c1-13-17(14-9-11-16(21-3)12-10-14)22-18(19-13)20(2)15-7-5-4-6-8-15/h4-12H,1-3H3. The van der Waals surface area contributed by atoms with Crippen LogP contribution in [0.25, 0.3) is 10.4 Å². The Labute approximate surface area is 134 Å². The second-order valence-electron chi connectivity index (χ2n) is 5.03. The van der Waals surface area contributed by atoms with E-state index >= 15 is 0 Å². The number of rotatable bonds is 4. The first kappa shape index (κ1) is 14.6. The zero-order chi connectivity index (χ0) is 15.5. The van der Waals surface area contributed by atoms with Gasteiger partial charge in [-0.1, -0.05) is 29.5 Å². The first-order valence-corrected chi connectivity index (χ1v) is 7.91. The van der Waals surface area contributed by atoms with Crippen molar-refractivity contribution in [3.8, 4) is 16.2 Å². The number of methoxy groups -OCH3 is 1. The first-order valence-electron chi connectivity index (χ1n) is 7.09. The van der Waals surface area contributed by atoms with E-state index in [0.29, 0.717) is 0 Å². The van der Waals surface area contributed by atoms with Crippen molar-refractivity contribution in [2.45, 2.75) is 6.92 Å². The molecule has 0 saturated carbocycles. The van der Waals surface area contributed by atoms with Gasteiger partial charge >= 0.3 is 0 Å². The molecule has 0 amide bonds. The quantitative estimate of drug-likeness (QED) is 0.685. The Hall–Kier alpha value is -2.33. The van der Waals surface area contributed by atoms with Gasteiger partial charge in [0.1, 0.15) is 5.75 Å². The normalized spacial score (nSPS) is 10.5. The van der Waals surface area contributed by atoms with E-state index in [9.17, 15) is 0 Å². The summed E-state index contributed by atoms with van der Waals surface area (Å²) >= 11 is 1.70. The Morgan fingerprint density at radius 3 is 2.32 bits per heavy atom. The molecule has 3 aromatic rings. The molecule has 3 nitrogen and oxygen atoms in total. The second-order valence-corrected chi connectivity index (χ2v) is 6.01. The van der Waals surface area contributed by atoms with Crippen LogP contribution in [0.4, 0.5) is 10.8 Å². The number of nitrogens with zero attached hydrogens (tertiary/aromatic N) is 2. The maximum atomic E-state index is 5.22. The van der Waals surface area contributed by atoms with Crippen LogP contribution in [-0.2, 0) is 0 Å². The monoisotopic (exact) mass is 310 g/mol. The van der Waals surface area contributed by atoms with E-state index in [1.165, 1.54) is 10.4 Å². The van der Waals surface area contributed by atoms with Crippen LogP contribution >= 0.6 is 11.3 Å². The number of aromatic nitrogens is 1. The molecule has 0 aliphatic rings. The van der Waals surface area contributed by atoms with Crippen molar-refractivity contribution in [1.82, 2.24) is 4.98 Å². The van der Waals surface area contributed by atoms with Gasteiger partial charge in [0.05, 0.1) is 17.7 Å². The predicted octanol–water partition coefficient (Wildman–Crippen LogP) is 4.90. The van der Waals surface area contributed by atoms with Crippen molar-refractivity contribution in [2.24, 2.45) is 0 Å². The maximum absolute atomic E-state index is 5.22. The summed E-state index contributed by atoms with van der Waals surface area (Å²) in [6.45, 7) is 2.05. The van der Waals surface area contributed by atoms with Crippen LogP contribution in [0, 0.1) is 6.92 Å². The van der Waals surface area contributed by atoms with Crippen molar-refractivity contribution >= 4 is 22.2 Å². The summed E-state index contributed by atoms with van der Waals surface area (Å²) in [6, 6.07) is 18.4. The molecule has 0 radical (unpaired) electrons. The largest absolute Gasteiger partial charge is 0.497 e. The van der Waals surface area contributed by atoms with Crippen LogP contribution in [0.2, 0.25) is 0 Å². The van der Waals surface area contributed by atoms with E-state index in [4.69, 9.17) is 9.72 Å². The van der Waals surface area contributed by atoms with Gasteiger partial charge in [0.2, 0.25) is 0 Å². The number of para-hydroxylation sites is 1. The molecule has 0 N–H and O–H groups in total. The highest BCUT2D eigenvalue weighted by molar-refractivity contribution is 7.19. The number of anilines is 2. The van der Waals surface area contributed by atoms with Gasteiger partial charge in [0, 0.05) is 12.7 Å². The smallest absolute Gasteiger partial charge is 0.190 e. The van der Waals surface area contributed by atoms with Crippen LogP contribution in [0.1, 0.15) is 5.69 Å². The third kappa shape index (κ3) is 2.83. The molecule has 0 saturated heterocycles. The molecular formula is C18H18N2OS. The summed E-state index contributed by atoms with van der Waals surface area (Å²) in [5.74, 6) is 0.868. The summed E-state index contributed by atoms with van der Waals surface area (Å²) in [4.78, 5) is 8.03. The van der Waals surface area contributed by atoms with E-state index in [2.05, 4.69) is 36.1 Å². The molecular weight excluding hydrogens is 292 g/mol. The van der Waals surface area contributed by atoms with Gasteiger partial charge in [-0.15, -0.1) is 0 Å². The van der Waals surface area contributed by atoms with Gasteiger partial charge in [0.25, 0.3) is 0 Å². The lowest BCUT2D eigenvalue weighted by Crippen LogP contribution is -2.08. The van der Waals surface area contributed by atoms with Gasteiger partial charge in [0.15, 0.2) is 5.13 Å². The van der Waals surface area contributed by atoms with Crippen LogP contribution < -0.4 is 9.64 Å². The van der Waals surface area contributed by atoms with Gasteiger partial charge in [-0.05, 0) is 48.9 Å². The highest BCUT2D eigenvalue weighted by Crippen LogP contribution is 2.37. The summed E-state index contributed by atoms with van der Waals surface area (Å²) in [5.41, 5.74) is 3.36. The maximum Gasteiger partial charge on any atom is 0.190 e. The van der Waals surface area contributed by atoms with Gasteiger partial charge < -0.3 is 9.64 Å². The molecule has 4 heteroatoms. The Morgan fingerprint density at radius 2 is 1.68 bits per heavy atom. The molecule has 112 valence electrons. The lowest BCUT2D eigenvalue weighted by Gasteiger charge is -2.15. The minimum atomic E-state index is 0.868. The topological polar surface area (TPSA) is 25.4 Å². The lowest BCUT2D eigenvalue weighted by molar-refractivity contribution is 0.415. The molecule has 0 spiro atoms. The summed E-state index contributed by atoms with van der Waals surface area (Å²) < 4.78 is 5.22. The molecule has 1 heterocycles. The fraction of sp³-hybridized carbons (Fsp3) is 0.167. The number of ether oxygens (including phenoxy) is 1. The molecule has 0 atom stereocenters. The summed E-state index contributed by atoms with van der Waals surface area (Å²) in [7, 11) is 3.73. The molecule has 2 aromatic carbocycles. The highest BCUT2D eigenvalue weighted by Gasteiger charge is 2.13. The molecule has 0 aliphatic carbocycles. The molecule has 0 unspecified atom stereocenters. The summed E-state index contributed by atoms with van der Waals surface area (Å²) in [5, 5.41) is 0.995. The van der Waals surface area contributed by atoms with Crippen molar-refractivity contribution < 1.29 is 4.74 Å². The Balaban J connectivity index is 1.93. The average Bonchev–Trinajstić information content (AvgIpc) is 2.97. The lowest BCUT2D eigenvalue weighted by atomic mass is 10.1. The number of benzene rings is 2. The van der Waals surface area contributed by atoms with Gasteiger partial charge in [-0.25, -0.2) is 4.98 Å². The Morgan fingerprint density at radius 1 is 1.00 bits per heavy atom. The SMILES string of the molecule is COc1ccc(-c2sc(N(C)c3ccccc3)nc2C)cc1. The number of hydrogen-bond acceptors (Lipinski definition) is 4. The summed E-state index contributed by atoms with van der Waals surface area (Å²) in [6.07, 6.45) is 0. The van der Waals surface area contributed by atoms with Crippen LogP contribution in [0.15, 0.2) is 54.6 Å². The fourth-order valence-electron chi connectivity index (χ4n) is 2.30. The van der Waals surface area contributed by atoms with Crippen LogP contribution in [0.3, 0.4) is 0 Å². The van der Waals surface area contributed by atoms with E-state index in [1.54, 1.807) is 18.4 Å². The Bertz CT molecular complexity index is 751. The third-order valence-electron chi connectivity index (χ3n) is 3.57. The van der Waals surface area contributed by atoms with E-state index < -0.39 is 0 Å². The molecule has 0 fully saturated rings. The first-order chi connectivity index (χ1) is 10.7. The predicted molar refractivity (Wildman–Crippen MR) is 93.3 cm³/mol. The van der Waals surface area contributed by atoms with E-state index in [-0.39, 0.29) is 0 Å². The molecule has 3 rings (SSSR count). The van der Waals surface area contributed by atoms with Crippen LogP contribution in [-0.4, -0.2) is 19.1 Å². The minimum absolute atomic E-state index is 0.868. The molecule has 22 heavy (non-hydrogen) atoms. The van der Waals surface area contributed by atoms with Crippen molar-refractivity contribution in [2.75, 3.05) is 19.1 Å². The second kappa shape index (κ2) is 6.20.